The minimum absolute atomic E-state index is 0.0645. The number of rotatable bonds is 59. The summed E-state index contributed by atoms with van der Waals surface area (Å²) in [6.07, 6.45) is 69.7. The van der Waals surface area contributed by atoms with Crippen LogP contribution in [-0.4, -0.2) is 37.2 Å². The first kappa shape index (κ1) is 68.2. The van der Waals surface area contributed by atoms with Crippen molar-refractivity contribution in [3.8, 4) is 0 Å². The van der Waals surface area contributed by atoms with Crippen LogP contribution in [0.4, 0.5) is 0 Å². The number of ether oxygens (including phenoxy) is 3. The summed E-state index contributed by atoms with van der Waals surface area (Å²) in [6.45, 7) is 6.65. The van der Waals surface area contributed by atoms with Crippen molar-refractivity contribution < 1.29 is 28.6 Å². The predicted octanol–water partition coefficient (Wildman–Crippen LogP) is 21.3. The van der Waals surface area contributed by atoms with Gasteiger partial charge in [-0.25, -0.2) is 0 Å². The monoisotopic (exact) mass is 987 g/mol. The van der Waals surface area contributed by atoms with E-state index in [1.165, 1.54) is 263 Å². The van der Waals surface area contributed by atoms with Gasteiger partial charge in [-0.15, -0.1) is 0 Å². The van der Waals surface area contributed by atoms with Crippen molar-refractivity contribution in [1.82, 2.24) is 0 Å². The van der Waals surface area contributed by atoms with Gasteiger partial charge in [-0.1, -0.05) is 309 Å². The highest BCUT2D eigenvalue weighted by atomic mass is 16.6. The van der Waals surface area contributed by atoms with Crippen LogP contribution in [-0.2, 0) is 28.6 Å². The molecule has 6 nitrogen and oxygen atoms in total. The molecule has 1 atom stereocenters. The number of carbonyl (C=O) groups is 3. The van der Waals surface area contributed by atoms with Crippen LogP contribution in [0.25, 0.3) is 0 Å². The molecule has 0 fully saturated rings. The third-order valence-corrected chi connectivity index (χ3v) is 14.5. The highest BCUT2D eigenvalue weighted by Crippen LogP contribution is 2.18. The van der Waals surface area contributed by atoms with Crippen LogP contribution in [0.2, 0.25) is 0 Å². The lowest BCUT2D eigenvalue weighted by atomic mass is 10.0. The largest absolute Gasteiger partial charge is 0.462 e. The maximum atomic E-state index is 12.8. The minimum atomic E-state index is -0.763. The molecule has 0 amide bonds. The molecule has 0 aliphatic heterocycles. The van der Waals surface area contributed by atoms with Gasteiger partial charge in [0.05, 0.1) is 0 Å². The number of allylic oxidation sites excluding steroid dienone is 2. The number of hydrogen-bond donors (Lipinski definition) is 0. The van der Waals surface area contributed by atoms with Gasteiger partial charge in [0.2, 0.25) is 0 Å². The summed E-state index contributed by atoms with van der Waals surface area (Å²) < 4.78 is 16.8. The minimum Gasteiger partial charge on any atom is -0.462 e. The van der Waals surface area contributed by atoms with E-state index in [2.05, 4.69) is 32.9 Å². The molecule has 0 N–H and O–H groups in total. The molecular formula is C64H122O6. The van der Waals surface area contributed by atoms with E-state index in [9.17, 15) is 14.4 Å². The maximum Gasteiger partial charge on any atom is 0.306 e. The van der Waals surface area contributed by atoms with E-state index in [0.717, 1.165) is 57.8 Å². The highest BCUT2D eigenvalue weighted by molar-refractivity contribution is 5.71. The van der Waals surface area contributed by atoms with Gasteiger partial charge >= 0.3 is 17.9 Å². The summed E-state index contributed by atoms with van der Waals surface area (Å²) in [6, 6.07) is 0. The van der Waals surface area contributed by atoms with Gasteiger partial charge in [0, 0.05) is 19.3 Å². The SMILES string of the molecule is CCCCCCCCCC/C=C\CCCCCCCCCCCCCCCC(=O)OCC(COC(=O)CCCCCCCC)OC(=O)CCCCCCCCCCCCCCCCCCCCCCC. The van der Waals surface area contributed by atoms with Crippen molar-refractivity contribution >= 4 is 17.9 Å². The van der Waals surface area contributed by atoms with Gasteiger partial charge in [0.1, 0.15) is 13.2 Å². The number of hydrogen-bond acceptors (Lipinski definition) is 6. The summed E-state index contributed by atoms with van der Waals surface area (Å²) in [5.41, 5.74) is 0. The van der Waals surface area contributed by atoms with E-state index < -0.39 is 6.10 Å². The molecule has 414 valence electrons. The van der Waals surface area contributed by atoms with E-state index in [-0.39, 0.29) is 31.1 Å². The zero-order chi connectivity index (χ0) is 50.7. The summed E-state index contributed by atoms with van der Waals surface area (Å²) in [4.78, 5) is 38.0. The predicted molar refractivity (Wildman–Crippen MR) is 303 cm³/mol. The molecule has 6 heteroatoms. The van der Waals surface area contributed by atoms with Gasteiger partial charge in [-0.05, 0) is 44.9 Å². The van der Waals surface area contributed by atoms with E-state index in [4.69, 9.17) is 14.2 Å². The average molecular weight is 988 g/mol. The number of carbonyl (C=O) groups excluding carboxylic acids is 3. The smallest absolute Gasteiger partial charge is 0.306 e. The van der Waals surface area contributed by atoms with Gasteiger partial charge < -0.3 is 14.2 Å². The summed E-state index contributed by atoms with van der Waals surface area (Å²) in [5.74, 6) is -0.848. The summed E-state index contributed by atoms with van der Waals surface area (Å²) in [5, 5.41) is 0. The summed E-state index contributed by atoms with van der Waals surface area (Å²) >= 11 is 0. The topological polar surface area (TPSA) is 78.9 Å². The maximum absolute atomic E-state index is 12.8. The Labute approximate surface area is 437 Å². The van der Waals surface area contributed by atoms with E-state index in [1.807, 2.05) is 0 Å². The zero-order valence-corrected chi connectivity index (χ0v) is 47.6. The molecule has 0 saturated heterocycles. The Bertz CT molecular complexity index is 1090. The van der Waals surface area contributed by atoms with E-state index in [1.54, 1.807) is 0 Å². The molecule has 0 bridgehead atoms. The first-order chi connectivity index (χ1) is 34.5. The van der Waals surface area contributed by atoms with Gasteiger partial charge in [0.25, 0.3) is 0 Å². The standard InChI is InChI=1S/C64H122O6/c1-4-7-10-13-16-18-20-22-24-26-28-30-31-32-33-35-36-38-40-42-44-46-48-51-54-57-63(66)69-60-61(59-68-62(65)56-53-50-15-12-9-6-3)70-64(67)58-55-52-49-47-45-43-41-39-37-34-29-27-25-23-21-19-17-14-11-8-5-2/h26,28,61H,4-25,27,29-60H2,1-3H3/b28-26-. The molecule has 0 aliphatic carbocycles. The molecule has 0 heterocycles. The van der Waals surface area contributed by atoms with Crippen molar-refractivity contribution in [3.63, 3.8) is 0 Å². The lowest BCUT2D eigenvalue weighted by molar-refractivity contribution is -0.167. The quantitative estimate of drug-likeness (QED) is 0.0261. The Kier molecular flexibility index (Phi) is 58.1. The molecule has 0 spiro atoms. The van der Waals surface area contributed by atoms with Crippen LogP contribution in [0.3, 0.4) is 0 Å². The van der Waals surface area contributed by atoms with Crippen molar-refractivity contribution in [2.75, 3.05) is 13.2 Å². The van der Waals surface area contributed by atoms with Crippen LogP contribution < -0.4 is 0 Å². The fourth-order valence-electron chi connectivity index (χ4n) is 9.74. The van der Waals surface area contributed by atoms with Crippen LogP contribution in [0.15, 0.2) is 12.2 Å². The molecule has 70 heavy (non-hydrogen) atoms. The van der Waals surface area contributed by atoms with Gasteiger partial charge in [-0.2, -0.15) is 0 Å². The molecule has 0 aromatic heterocycles. The van der Waals surface area contributed by atoms with Crippen LogP contribution >= 0.6 is 0 Å². The van der Waals surface area contributed by atoms with E-state index in [0.29, 0.717) is 19.3 Å². The lowest BCUT2D eigenvalue weighted by Gasteiger charge is -2.18. The molecular weight excluding hydrogens is 865 g/mol. The fraction of sp³-hybridized carbons (Fsp3) is 0.922. The van der Waals surface area contributed by atoms with Crippen LogP contribution in [0, 0.1) is 0 Å². The van der Waals surface area contributed by atoms with Crippen molar-refractivity contribution in [3.05, 3.63) is 12.2 Å². The molecule has 0 aliphatic rings. The fourth-order valence-corrected chi connectivity index (χ4v) is 9.74. The Balaban J connectivity index is 4.02. The third-order valence-electron chi connectivity index (χ3n) is 14.5. The van der Waals surface area contributed by atoms with Crippen molar-refractivity contribution in [2.45, 2.75) is 367 Å². The highest BCUT2D eigenvalue weighted by Gasteiger charge is 2.19. The third kappa shape index (κ3) is 57.1. The first-order valence-electron chi connectivity index (χ1n) is 31.7. The van der Waals surface area contributed by atoms with Gasteiger partial charge in [0.15, 0.2) is 6.10 Å². The average Bonchev–Trinajstić information content (AvgIpc) is 3.36. The van der Waals surface area contributed by atoms with Crippen LogP contribution in [0.1, 0.15) is 361 Å². The number of unbranched alkanes of at least 4 members (excludes halogenated alkanes) is 46. The normalized spacial score (nSPS) is 12.0. The molecule has 0 radical (unpaired) electrons. The lowest BCUT2D eigenvalue weighted by Crippen LogP contribution is -2.30. The number of esters is 3. The molecule has 1 unspecified atom stereocenters. The second-order valence-corrected chi connectivity index (χ2v) is 21.7. The second-order valence-electron chi connectivity index (χ2n) is 21.7. The summed E-state index contributed by atoms with van der Waals surface area (Å²) in [7, 11) is 0. The van der Waals surface area contributed by atoms with Crippen LogP contribution in [0.5, 0.6) is 0 Å². The first-order valence-corrected chi connectivity index (χ1v) is 31.7. The molecule has 0 rings (SSSR count). The Hall–Kier alpha value is -1.85. The van der Waals surface area contributed by atoms with Crippen molar-refractivity contribution in [1.29, 1.82) is 0 Å². The molecule has 0 aromatic carbocycles. The molecule has 0 saturated carbocycles. The Morgan fingerprint density at radius 2 is 0.471 bits per heavy atom. The second kappa shape index (κ2) is 59.7. The molecule has 0 aromatic rings. The van der Waals surface area contributed by atoms with Gasteiger partial charge in [-0.3, -0.25) is 14.4 Å². The Morgan fingerprint density at radius 3 is 0.714 bits per heavy atom. The van der Waals surface area contributed by atoms with E-state index >= 15 is 0 Å². The Morgan fingerprint density at radius 1 is 0.271 bits per heavy atom. The zero-order valence-electron chi connectivity index (χ0n) is 47.6. The van der Waals surface area contributed by atoms with Crippen molar-refractivity contribution in [2.24, 2.45) is 0 Å².